The number of carboxylic acid groups (broad SMARTS) is 1. The lowest BCUT2D eigenvalue weighted by molar-refractivity contribution is -0.139. The predicted molar refractivity (Wildman–Crippen MR) is 98.6 cm³/mol. The molecule has 1 aromatic carbocycles. The molecule has 0 saturated carbocycles. The van der Waals surface area contributed by atoms with Gasteiger partial charge < -0.3 is 14.9 Å². The lowest BCUT2D eigenvalue weighted by atomic mass is 9.81. The van der Waals surface area contributed by atoms with Crippen LogP contribution < -0.4 is 0 Å². The van der Waals surface area contributed by atoms with Crippen LogP contribution in [-0.4, -0.2) is 59.5 Å². The second kappa shape index (κ2) is 9.67. The van der Waals surface area contributed by atoms with E-state index in [1.54, 1.807) is 4.90 Å². The standard InChI is InChI=1S/C20H29FN2O3/c1-3-22(4-2)11-9-17-14-23(12-10-16(17)13-19(24)25)20(26)15-5-7-18(21)8-6-15/h5-8,16-17H,3-4,9-14H2,1-2H3,(H,24,25). The first-order valence-electron chi connectivity index (χ1n) is 9.43. The second-order valence-corrected chi connectivity index (χ2v) is 6.98. The minimum Gasteiger partial charge on any atom is -0.481 e. The molecular formula is C20H29FN2O3. The number of hydrogen-bond acceptors (Lipinski definition) is 3. The van der Waals surface area contributed by atoms with Crippen LogP contribution in [-0.2, 0) is 4.79 Å². The molecule has 2 unspecified atom stereocenters. The number of carbonyl (C=O) groups is 2. The van der Waals surface area contributed by atoms with E-state index in [1.165, 1.54) is 24.3 Å². The Bertz CT molecular complexity index is 602. The fraction of sp³-hybridized carbons (Fsp3) is 0.600. The van der Waals surface area contributed by atoms with Gasteiger partial charge in [0.25, 0.3) is 5.91 Å². The summed E-state index contributed by atoms with van der Waals surface area (Å²) in [4.78, 5) is 28.0. The normalized spacial score (nSPS) is 20.4. The summed E-state index contributed by atoms with van der Waals surface area (Å²) in [6.45, 7) is 8.18. The molecule has 1 heterocycles. The van der Waals surface area contributed by atoms with Gasteiger partial charge in [-0.15, -0.1) is 0 Å². The van der Waals surface area contributed by atoms with Crippen molar-refractivity contribution in [3.63, 3.8) is 0 Å². The average molecular weight is 364 g/mol. The first-order chi connectivity index (χ1) is 12.4. The van der Waals surface area contributed by atoms with Crippen molar-refractivity contribution >= 4 is 11.9 Å². The number of halogens is 1. The molecular weight excluding hydrogens is 335 g/mol. The van der Waals surface area contributed by atoms with Gasteiger partial charge in [-0.2, -0.15) is 0 Å². The van der Waals surface area contributed by atoms with Crippen LogP contribution in [0, 0.1) is 17.7 Å². The molecule has 2 atom stereocenters. The van der Waals surface area contributed by atoms with Gasteiger partial charge in [-0.3, -0.25) is 9.59 Å². The summed E-state index contributed by atoms with van der Waals surface area (Å²) in [5.41, 5.74) is 0.477. The first-order valence-corrected chi connectivity index (χ1v) is 9.43. The minimum absolute atomic E-state index is 0.0975. The summed E-state index contributed by atoms with van der Waals surface area (Å²) >= 11 is 0. The number of benzene rings is 1. The van der Waals surface area contributed by atoms with E-state index in [9.17, 15) is 19.1 Å². The first kappa shape index (κ1) is 20.4. The van der Waals surface area contributed by atoms with Crippen molar-refractivity contribution in [2.75, 3.05) is 32.7 Å². The zero-order chi connectivity index (χ0) is 19.1. The molecule has 0 aromatic heterocycles. The highest BCUT2D eigenvalue weighted by molar-refractivity contribution is 5.94. The largest absolute Gasteiger partial charge is 0.481 e. The number of hydrogen-bond donors (Lipinski definition) is 1. The zero-order valence-corrected chi connectivity index (χ0v) is 15.7. The van der Waals surface area contributed by atoms with Crippen LogP contribution in [0.5, 0.6) is 0 Å². The predicted octanol–water partition coefficient (Wildman–Crippen LogP) is 3.11. The quantitative estimate of drug-likeness (QED) is 0.770. The number of amides is 1. The van der Waals surface area contributed by atoms with E-state index in [1.807, 2.05) is 0 Å². The maximum Gasteiger partial charge on any atom is 0.303 e. The van der Waals surface area contributed by atoms with Gasteiger partial charge in [0, 0.05) is 25.1 Å². The van der Waals surface area contributed by atoms with Crippen LogP contribution >= 0.6 is 0 Å². The Balaban J connectivity index is 2.05. The smallest absolute Gasteiger partial charge is 0.303 e. The summed E-state index contributed by atoms with van der Waals surface area (Å²) in [5, 5.41) is 9.21. The molecule has 1 N–H and O–H groups in total. The Morgan fingerprint density at radius 2 is 1.85 bits per heavy atom. The van der Waals surface area contributed by atoms with Crippen molar-refractivity contribution in [2.45, 2.75) is 33.1 Å². The molecule has 6 heteroatoms. The zero-order valence-electron chi connectivity index (χ0n) is 15.7. The Morgan fingerprint density at radius 3 is 2.42 bits per heavy atom. The van der Waals surface area contributed by atoms with Gasteiger partial charge >= 0.3 is 5.97 Å². The Kier molecular flexibility index (Phi) is 7.57. The molecule has 26 heavy (non-hydrogen) atoms. The minimum atomic E-state index is -0.777. The van der Waals surface area contributed by atoms with E-state index >= 15 is 0 Å². The number of aliphatic carboxylic acids is 1. The van der Waals surface area contributed by atoms with Gasteiger partial charge in [-0.05, 0) is 68.6 Å². The molecule has 0 spiro atoms. The fourth-order valence-corrected chi connectivity index (χ4v) is 3.75. The highest BCUT2D eigenvalue weighted by Crippen LogP contribution is 2.30. The van der Waals surface area contributed by atoms with Crippen LogP contribution in [0.4, 0.5) is 4.39 Å². The van der Waals surface area contributed by atoms with Crippen molar-refractivity contribution in [3.05, 3.63) is 35.6 Å². The Morgan fingerprint density at radius 1 is 1.19 bits per heavy atom. The fourth-order valence-electron chi connectivity index (χ4n) is 3.75. The van der Waals surface area contributed by atoms with Crippen molar-refractivity contribution in [1.82, 2.24) is 9.80 Å². The topological polar surface area (TPSA) is 60.9 Å². The number of rotatable bonds is 8. The summed E-state index contributed by atoms with van der Waals surface area (Å²) in [6, 6.07) is 5.60. The van der Waals surface area contributed by atoms with Gasteiger partial charge in [0.15, 0.2) is 0 Å². The maximum atomic E-state index is 13.1. The van der Waals surface area contributed by atoms with Crippen LogP contribution in [0.3, 0.4) is 0 Å². The molecule has 0 radical (unpaired) electrons. The number of carboxylic acids is 1. The molecule has 0 aliphatic carbocycles. The van der Waals surface area contributed by atoms with E-state index in [-0.39, 0.29) is 30.0 Å². The lowest BCUT2D eigenvalue weighted by Crippen LogP contribution is -2.45. The highest BCUT2D eigenvalue weighted by atomic mass is 19.1. The molecule has 1 aliphatic rings. The van der Waals surface area contributed by atoms with Crippen LogP contribution in [0.2, 0.25) is 0 Å². The average Bonchev–Trinajstić information content (AvgIpc) is 2.63. The van der Waals surface area contributed by atoms with E-state index in [4.69, 9.17) is 0 Å². The molecule has 2 rings (SSSR count). The van der Waals surface area contributed by atoms with Crippen LogP contribution in [0.1, 0.15) is 43.5 Å². The van der Waals surface area contributed by atoms with Gasteiger partial charge in [0.1, 0.15) is 5.82 Å². The third-order valence-corrected chi connectivity index (χ3v) is 5.42. The lowest BCUT2D eigenvalue weighted by Gasteiger charge is -2.39. The van der Waals surface area contributed by atoms with E-state index in [0.717, 1.165) is 26.1 Å². The Labute approximate surface area is 154 Å². The Hall–Kier alpha value is -1.95. The summed E-state index contributed by atoms with van der Waals surface area (Å²) in [6.07, 6.45) is 1.73. The van der Waals surface area contributed by atoms with Gasteiger partial charge in [0.2, 0.25) is 0 Å². The molecule has 5 nitrogen and oxygen atoms in total. The maximum absolute atomic E-state index is 13.1. The molecule has 144 valence electrons. The van der Waals surface area contributed by atoms with Crippen molar-refractivity contribution in [1.29, 1.82) is 0 Å². The second-order valence-electron chi connectivity index (χ2n) is 6.98. The number of carbonyl (C=O) groups excluding carboxylic acids is 1. The third kappa shape index (κ3) is 5.53. The van der Waals surface area contributed by atoms with Crippen molar-refractivity contribution < 1.29 is 19.1 Å². The SMILES string of the molecule is CCN(CC)CCC1CN(C(=O)c2ccc(F)cc2)CCC1CC(=O)O. The van der Waals surface area contributed by atoms with Crippen molar-refractivity contribution in [2.24, 2.45) is 11.8 Å². The molecule has 1 fully saturated rings. The number of likely N-dealkylation sites (tertiary alicyclic amines) is 1. The molecule has 0 bridgehead atoms. The summed E-state index contributed by atoms with van der Waals surface area (Å²) in [5.74, 6) is -0.975. The van der Waals surface area contributed by atoms with E-state index in [2.05, 4.69) is 18.7 Å². The molecule has 1 aromatic rings. The number of nitrogens with zero attached hydrogens (tertiary/aromatic N) is 2. The molecule has 1 saturated heterocycles. The van der Waals surface area contributed by atoms with Gasteiger partial charge in [-0.25, -0.2) is 4.39 Å². The van der Waals surface area contributed by atoms with Crippen molar-refractivity contribution in [3.8, 4) is 0 Å². The van der Waals surface area contributed by atoms with Gasteiger partial charge in [-0.1, -0.05) is 13.8 Å². The monoisotopic (exact) mass is 364 g/mol. The van der Waals surface area contributed by atoms with Crippen LogP contribution in [0.15, 0.2) is 24.3 Å². The molecule has 1 aliphatic heterocycles. The summed E-state index contributed by atoms with van der Waals surface area (Å²) < 4.78 is 13.1. The van der Waals surface area contributed by atoms with E-state index < -0.39 is 5.97 Å². The van der Waals surface area contributed by atoms with Crippen LogP contribution in [0.25, 0.3) is 0 Å². The highest BCUT2D eigenvalue weighted by Gasteiger charge is 2.33. The third-order valence-electron chi connectivity index (χ3n) is 5.42. The van der Waals surface area contributed by atoms with E-state index in [0.29, 0.717) is 25.1 Å². The van der Waals surface area contributed by atoms with Gasteiger partial charge in [0.05, 0.1) is 0 Å². The molecule has 1 amide bonds. The summed E-state index contributed by atoms with van der Waals surface area (Å²) in [7, 11) is 0. The number of piperidine rings is 1.